The number of hydrogen-bond donors (Lipinski definition) is 1. The second-order valence-corrected chi connectivity index (χ2v) is 8.49. The number of carbonyl (C=O) groups excluding carboxylic acids is 1. The highest BCUT2D eigenvalue weighted by atomic mass is 16.5. The number of hydrogen-bond acceptors (Lipinski definition) is 6. The minimum absolute atomic E-state index is 0.214. The molecule has 0 atom stereocenters. The number of carbonyl (C=O) groups is 1. The quantitative estimate of drug-likeness (QED) is 0.507. The maximum Gasteiger partial charge on any atom is 0.256 e. The van der Waals surface area contributed by atoms with Gasteiger partial charge in [-0.2, -0.15) is 5.10 Å². The molecule has 0 saturated carbocycles. The molecule has 1 aliphatic heterocycles. The minimum Gasteiger partial charge on any atom is -0.490 e. The first-order valence-electron chi connectivity index (χ1n) is 11.0. The number of nitrogens with one attached hydrogen (secondary N) is 1. The topological polar surface area (TPSA) is 85.2 Å². The summed E-state index contributed by atoms with van der Waals surface area (Å²) in [5, 5.41) is 8.93. The number of ether oxygens (including phenoxy) is 1. The van der Waals surface area contributed by atoms with Crippen molar-refractivity contribution in [2.24, 2.45) is 7.05 Å². The Balaban J connectivity index is 1.27. The van der Waals surface area contributed by atoms with E-state index in [1.54, 1.807) is 35.4 Å². The summed E-state index contributed by atoms with van der Waals surface area (Å²) in [4.78, 5) is 23.9. The van der Waals surface area contributed by atoms with Crippen molar-refractivity contribution in [2.45, 2.75) is 18.9 Å². The fourth-order valence-electron chi connectivity index (χ4n) is 3.99. The molecule has 4 heterocycles. The van der Waals surface area contributed by atoms with Crippen molar-refractivity contribution in [1.82, 2.24) is 24.6 Å². The Morgan fingerprint density at radius 2 is 1.76 bits per heavy atom. The molecule has 0 bridgehead atoms. The first-order chi connectivity index (χ1) is 16.0. The molecule has 1 aromatic carbocycles. The molecular formula is C25H26N6O2. The Morgan fingerprint density at radius 1 is 1.00 bits per heavy atom. The van der Waals surface area contributed by atoms with E-state index in [0.717, 1.165) is 53.7 Å². The number of amides is 1. The molecule has 0 spiro atoms. The molecule has 0 unspecified atom stereocenters. The molecule has 0 radical (unpaired) electrons. The van der Waals surface area contributed by atoms with Crippen LogP contribution in [-0.2, 0) is 7.05 Å². The van der Waals surface area contributed by atoms with Crippen LogP contribution in [0.2, 0.25) is 0 Å². The number of pyridine rings is 2. The van der Waals surface area contributed by atoms with Gasteiger partial charge in [0.1, 0.15) is 17.7 Å². The monoisotopic (exact) mass is 442 g/mol. The number of anilines is 1. The molecule has 1 saturated heterocycles. The second-order valence-electron chi connectivity index (χ2n) is 8.49. The van der Waals surface area contributed by atoms with Crippen LogP contribution in [0, 0.1) is 0 Å². The fourth-order valence-corrected chi connectivity index (χ4v) is 3.99. The van der Waals surface area contributed by atoms with E-state index in [4.69, 9.17) is 4.74 Å². The van der Waals surface area contributed by atoms with Gasteiger partial charge in [0.05, 0.1) is 11.9 Å². The lowest BCUT2D eigenvalue weighted by Gasteiger charge is -2.29. The first-order valence-corrected chi connectivity index (χ1v) is 11.0. The molecule has 0 aliphatic carbocycles. The number of likely N-dealkylation sites (tertiary alicyclic amines) is 1. The molecule has 1 aliphatic rings. The molecule has 3 aromatic heterocycles. The van der Waals surface area contributed by atoms with Crippen LogP contribution in [0.5, 0.6) is 5.75 Å². The summed E-state index contributed by atoms with van der Waals surface area (Å²) >= 11 is 0. The van der Waals surface area contributed by atoms with Gasteiger partial charge in [-0.15, -0.1) is 0 Å². The van der Waals surface area contributed by atoms with Gasteiger partial charge in [-0.1, -0.05) is 0 Å². The third kappa shape index (κ3) is 4.85. The average Bonchev–Trinajstić information content (AvgIpc) is 3.27. The van der Waals surface area contributed by atoms with Gasteiger partial charge in [0.25, 0.3) is 5.91 Å². The minimum atomic E-state index is -0.214. The predicted octanol–water partition coefficient (Wildman–Crippen LogP) is 3.76. The Morgan fingerprint density at radius 3 is 2.48 bits per heavy atom. The fraction of sp³-hybridized carbons (Fsp3) is 0.280. The zero-order valence-corrected chi connectivity index (χ0v) is 18.7. The van der Waals surface area contributed by atoms with Crippen LogP contribution in [0.3, 0.4) is 0 Å². The maximum absolute atomic E-state index is 12.8. The molecule has 8 nitrogen and oxygen atoms in total. The van der Waals surface area contributed by atoms with Crippen LogP contribution in [0.15, 0.2) is 61.2 Å². The van der Waals surface area contributed by atoms with Gasteiger partial charge in [0.15, 0.2) is 0 Å². The lowest BCUT2D eigenvalue weighted by atomic mass is 10.1. The van der Waals surface area contributed by atoms with Crippen LogP contribution in [0.25, 0.3) is 22.0 Å². The molecule has 168 valence electrons. The van der Waals surface area contributed by atoms with E-state index < -0.39 is 0 Å². The Labute approximate surface area is 192 Å². The number of benzene rings is 1. The molecule has 8 heteroatoms. The zero-order chi connectivity index (χ0) is 22.8. The highest BCUT2D eigenvalue weighted by Crippen LogP contribution is 2.24. The van der Waals surface area contributed by atoms with Crippen molar-refractivity contribution in [3.05, 3.63) is 66.7 Å². The number of aromatic nitrogens is 4. The molecule has 1 fully saturated rings. The van der Waals surface area contributed by atoms with E-state index in [-0.39, 0.29) is 12.0 Å². The number of nitrogens with zero attached hydrogens (tertiary/aromatic N) is 5. The van der Waals surface area contributed by atoms with Gasteiger partial charge in [-0.25, -0.2) is 4.98 Å². The number of fused-ring (bicyclic) bond motifs is 1. The third-order valence-corrected chi connectivity index (χ3v) is 5.93. The number of rotatable bonds is 5. The summed E-state index contributed by atoms with van der Waals surface area (Å²) in [6.07, 6.45) is 9.45. The average molecular weight is 443 g/mol. The van der Waals surface area contributed by atoms with Crippen LogP contribution in [0.4, 0.5) is 5.82 Å². The lowest BCUT2D eigenvalue weighted by Crippen LogP contribution is -2.35. The van der Waals surface area contributed by atoms with Gasteiger partial charge < -0.3 is 15.0 Å². The van der Waals surface area contributed by atoms with Crippen molar-refractivity contribution in [1.29, 1.82) is 0 Å². The second kappa shape index (κ2) is 8.99. The summed E-state index contributed by atoms with van der Waals surface area (Å²) in [5.74, 6) is 1.07. The summed E-state index contributed by atoms with van der Waals surface area (Å²) in [5.41, 5.74) is 2.31. The zero-order valence-electron chi connectivity index (χ0n) is 18.7. The Bertz CT molecular complexity index is 1280. The molecular weight excluding hydrogens is 416 g/mol. The summed E-state index contributed by atoms with van der Waals surface area (Å²) < 4.78 is 7.81. The number of aryl methyl sites for hydroxylation is 1. The van der Waals surface area contributed by atoms with E-state index in [1.807, 2.05) is 37.5 Å². The lowest BCUT2D eigenvalue weighted by molar-refractivity contribution is 0.102. The van der Waals surface area contributed by atoms with Crippen LogP contribution in [0.1, 0.15) is 23.2 Å². The molecule has 4 aromatic rings. The summed E-state index contributed by atoms with van der Waals surface area (Å²) in [6, 6.07) is 11.1. The molecule has 5 rings (SSSR count). The van der Waals surface area contributed by atoms with Crippen molar-refractivity contribution in [3.63, 3.8) is 0 Å². The smallest absolute Gasteiger partial charge is 0.256 e. The predicted molar refractivity (Wildman–Crippen MR) is 127 cm³/mol. The standard InChI is InChI=1S/C25H26N6O2/c1-30-9-7-22(8-10-30)33-21-5-3-17(4-6-21)25(32)29-24-12-18-11-23(20-15-28-31(2)16-20)26-13-19(18)14-27-24/h3-6,11-16,22H,7-10H2,1-2H3,(H,27,29,32). The van der Waals surface area contributed by atoms with Crippen molar-refractivity contribution in [2.75, 3.05) is 25.5 Å². The van der Waals surface area contributed by atoms with Crippen molar-refractivity contribution < 1.29 is 9.53 Å². The normalized spacial score (nSPS) is 15.0. The Hall–Kier alpha value is -3.78. The van der Waals surface area contributed by atoms with E-state index >= 15 is 0 Å². The van der Waals surface area contributed by atoms with Crippen LogP contribution in [-0.4, -0.2) is 56.8 Å². The van der Waals surface area contributed by atoms with Crippen LogP contribution < -0.4 is 10.1 Å². The van der Waals surface area contributed by atoms with Gasteiger partial charge in [-0.3, -0.25) is 14.5 Å². The highest BCUT2D eigenvalue weighted by molar-refractivity contribution is 6.04. The molecule has 1 amide bonds. The largest absolute Gasteiger partial charge is 0.490 e. The van der Waals surface area contributed by atoms with E-state index in [1.165, 1.54) is 0 Å². The Kier molecular flexibility index (Phi) is 5.75. The van der Waals surface area contributed by atoms with Gasteiger partial charge >= 0.3 is 0 Å². The van der Waals surface area contributed by atoms with Crippen molar-refractivity contribution in [3.8, 4) is 17.0 Å². The summed E-state index contributed by atoms with van der Waals surface area (Å²) in [6.45, 7) is 2.09. The van der Waals surface area contributed by atoms with E-state index in [9.17, 15) is 4.79 Å². The first kappa shape index (κ1) is 21.1. The number of piperidine rings is 1. The van der Waals surface area contributed by atoms with E-state index in [2.05, 4.69) is 32.3 Å². The van der Waals surface area contributed by atoms with E-state index in [0.29, 0.717) is 11.4 Å². The van der Waals surface area contributed by atoms with Crippen LogP contribution >= 0.6 is 0 Å². The maximum atomic E-state index is 12.8. The van der Waals surface area contributed by atoms with Crippen molar-refractivity contribution >= 4 is 22.5 Å². The van der Waals surface area contributed by atoms with Gasteiger partial charge in [0.2, 0.25) is 0 Å². The van der Waals surface area contributed by atoms with Gasteiger partial charge in [-0.05, 0) is 61.7 Å². The highest BCUT2D eigenvalue weighted by Gasteiger charge is 2.18. The summed E-state index contributed by atoms with van der Waals surface area (Å²) in [7, 11) is 4.00. The third-order valence-electron chi connectivity index (χ3n) is 5.93. The van der Waals surface area contributed by atoms with Gasteiger partial charge in [0, 0.05) is 55.2 Å². The molecule has 33 heavy (non-hydrogen) atoms. The molecule has 1 N–H and O–H groups in total. The SMILES string of the molecule is CN1CCC(Oc2ccc(C(=O)Nc3cc4cc(-c5cnn(C)c5)ncc4cn3)cc2)CC1.